The zero-order valence-corrected chi connectivity index (χ0v) is 12.0. The highest BCUT2D eigenvalue weighted by atomic mass is 19.1. The van der Waals surface area contributed by atoms with Gasteiger partial charge in [-0.2, -0.15) is 5.26 Å². The molecule has 0 saturated carbocycles. The number of nitriles is 1. The second-order valence-electron chi connectivity index (χ2n) is 5.94. The zero-order valence-electron chi connectivity index (χ0n) is 12.0. The lowest BCUT2D eigenvalue weighted by atomic mass is 9.76. The van der Waals surface area contributed by atoms with Crippen molar-refractivity contribution in [3.63, 3.8) is 0 Å². The summed E-state index contributed by atoms with van der Waals surface area (Å²) in [6, 6.07) is 14.9. The van der Waals surface area contributed by atoms with E-state index >= 15 is 0 Å². The van der Waals surface area contributed by atoms with E-state index in [2.05, 4.69) is 23.5 Å². The smallest absolute Gasteiger partial charge is 0.123 e. The Bertz CT molecular complexity index is 786. The third-order valence-electron chi connectivity index (χ3n) is 4.72. The molecule has 2 aromatic carbocycles. The van der Waals surface area contributed by atoms with Crippen molar-refractivity contribution in [3.8, 4) is 6.07 Å². The Balaban J connectivity index is 1.78. The van der Waals surface area contributed by atoms with Crippen molar-refractivity contribution in [2.24, 2.45) is 5.92 Å². The Hall–Kier alpha value is -2.60. The molecular weight excluding hydrogens is 275 g/mol. The molecule has 0 aromatic heterocycles. The summed E-state index contributed by atoms with van der Waals surface area (Å²) in [4.78, 5) is 0. The lowest BCUT2D eigenvalue weighted by molar-refractivity contribution is 0.425. The second kappa shape index (κ2) is 4.99. The monoisotopic (exact) mass is 290 g/mol. The molecule has 1 heterocycles. The maximum absolute atomic E-state index is 13.2. The maximum atomic E-state index is 13.2. The Morgan fingerprint density at radius 2 is 1.95 bits per heavy atom. The Morgan fingerprint density at radius 3 is 2.73 bits per heavy atom. The van der Waals surface area contributed by atoms with Crippen LogP contribution in [0.4, 0.5) is 10.1 Å². The number of anilines is 1. The molecule has 3 atom stereocenters. The summed E-state index contributed by atoms with van der Waals surface area (Å²) in [5.74, 6) is 0.520. The minimum absolute atomic E-state index is 0.168. The van der Waals surface area contributed by atoms with Crippen LogP contribution in [0.5, 0.6) is 0 Å². The van der Waals surface area contributed by atoms with E-state index in [1.54, 1.807) is 0 Å². The third-order valence-corrected chi connectivity index (χ3v) is 4.72. The number of hydrogen-bond donors (Lipinski definition) is 1. The largest absolute Gasteiger partial charge is 0.378 e. The number of benzene rings is 2. The fourth-order valence-corrected chi connectivity index (χ4v) is 3.66. The zero-order chi connectivity index (χ0) is 15.1. The van der Waals surface area contributed by atoms with Crippen LogP contribution < -0.4 is 5.32 Å². The first-order valence-electron chi connectivity index (χ1n) is 7.49. The lowest BCUT2D eigenvalue weighted by Crippen LogP contribution is -2.29. The van der Waals surface area contributed by atoms with Crippen molar-refractivity contribution in [3.05, 3.63) is 77.1 Å². The van der Waals surface area contributed by atoms with Crippen molar-refractivity contribution < 1.29 is 4.39 Å². The Labute approximate surface area is 128 Å². The highest BCUT2D eigenvalue weighted by molar-refractivity contribution is 5.61. The summed E-state index contributed by atoms with van der Waals surface area (Å²) in [5, 5.41) is 12.7. The summed E-state index contributed by atoms with van der Waals surface area (Å²) in [6.45, 7) is 0. The molecule has 0 fully saturated rings. The predicted molar refractivity (Wildman–Crippen MR) is 83.9 cm³/mol. The van der Waals surface area contributed by atoms with Gasteiger partial charge in [0, 0.05) is 11.6 Å². The van der Waals surface area contributed by atoms with Gasteiger partial charge in [0.25, 0.3) is 0 Å². The topological polar surface area (TPSA) is 35.8 Å². The fourth-order valence-electron chi connectivity index (χ4n) is 3.66. The van der Waals surface area contributed by atoms with Gasteiger partial charge in [-0.1, -0.05) is 24.3 Å². The number of rotatable bonds is 1. The molecule has 3 heteroatoms. The van der Waals surface area contributed by atoms with Gasteiger partial charge in [0.2, 0.25) is 0 Å². The van der Waals surface area contributed by atoms with Crippen LogP contribution in [0.25, 0.3) is 0 Å². The average Bonchev–Trinajstić information content (AvgIpc) is 3.04. The van der Waals surface area contributed by atoms with Crippen molar-refractivity contribution in [2.45, 2.75) is 18.4 Å². The molecule has 1 aliphatic heterocycles. The van der Waals surface area contributed by atoms with Crippen LogP contribution in [-0.4, -0.2) is 0 Å². The van der Waals surface area contributed by atoms with Crippen LogP contribution in [0.1, 0.15) is 35.1 Å². The molecule has 3 unspecified atom stereocenters. The van der Waals surface area contributed by atoms with Crippen molar-refractivity contribution in [1.29, 1.82) is 5.26 Å². The van der Waals surface area contributed by atoms with E-state index in [-0.39, 0.29) is 11.9 Å². The second-order valence-corrected chi connectivity index (χ2v) is 5.94. The van der Waals surface area contributed by atoms with Gasteiger partial charge in [-0.15, -0.1) is 0 Å². The van der Waals surface area contributed by atoms with Gasteiger partial charge in [-0.05, 0) is 53.8 Å². The van der Waals surface area contributed by atoms with Gasteiger partial charge in [0.05, 0.1) is 17.7 Å². The van der Waals surface area contributed by atoms with E-state index in [0.717, 1.165) is 17.7 Å². The van der Waals surface area contributed by atoms with Gasteiger partial charge < -0.3 is 5.32 Å². The Morgan fingerprint density at radius 1 is 1.14 bits per heavy atom. The SMILES string of the molecule is N#Cc1ccc2c(c1)C1C=CCC1C(c1ccc(F)cc1)N2. The van der Waals surface area contributed by atoms with Crippen LogP contribution in [0.3, 0.4) is 0 Å². The number of nitrogens with one attached hydrogen (secondary N) is 1. The number of nitrogens with zero attached hydrogens (tertiary/aromatic N) is 1. The molecule has 22 heavy (non-hydrogen) atoms. The number of fused-ring (bicyclic) bond motifs is 3. The third kappa shape index (κ3) is 2.00. The lowest BCUT2D eigenvalue weighted by Gasteiger charge is -2.37. The fraction of sp³-hybridized carbons (Fsp3) is 0.211. The van der Waals surface area contributed by atoms with Crippen LogP contribution in [0, 0.1) is 23.1 Å². The maximum Gasteiger partial charge on any atom is 0.123 e. The van der Waals surface area contributed by atoms with E-state index < -0.39 is 0 Å². The highest BCUT2D eigenvalue weighted by Crippen LogP contribution is 2.49. The summed E-state index contributed by atoms with van der Waals surface area (Å²) >= 11 is 0. The predicted octanol–water partition coefficient (Wildman–Crippen LogP) is 4.52. The molecule has 0 radical (unpaired) electrons. The number of allylic oxidation sites excluding steroid dienone is 2. The van der Waals surface area contributed by atoms with E-state index in [9.17, 15) is 4.39 Å². The van der Waals surface area contributed by atoms with E-state index in [0.29, 0.717) is 17.4 Å². The molecule has 2 nitrogen and oxygen atoms in total. The van der Waals surface area contributed by atoms with Crippen molar-refractivity contribution >= 4 is 5.69 Å². The number of hydrogen-bond acceptors (Lipinski definition) is 2. The van der Waals surface area contributed by atoms with Gasteiger partial charge >= 0.3 is 0 Å². The van der Waals surface area contributed by atoms with Gasteiger partial charge in [-0.3, -0.25) is 0 Å². The van der Waals surface area contributed by atoms with Gasteiger partial charge in [0.1, 0.15) is 5.82 Å². The van der Waals surface area contributed by atoms with E-state index in [1.165, 1.54) is 17.7 Å². The quantitative estimate of drug-likeness (QED) is 0.784. The molecule has 1 N–H and O–H groups in total. The van der Waals surface area contributed by atoms with Gasteiger partial charge in [0.15, 0.2) is 0 Å². The highest BCUT2D eigenvalue weighted by Gasteiger charge is 2.37. The standard InChI is InChI=1S/C19H15FN2/c20-14-7-5-13(6-8-14)19-16-3-1-2-15(16)17-10-12(11-21)4-9-18(17)22-19/h1-2,4-10,15-16,19,22H,3H2. The van der Waals surface area contributed by atoms with Gasteiger partial charge in [-0.25, -0.2) is 4.39 Å². The Kier molecular flexibility index (Phi) is 2.97. The first kappa shape index (κ1) is 13.1. The molecule has 2 aromatic rings. The molecule has 0 bridgehead atoms. The van der Waals surface area contributed by atoms with Crippen LogP contribution >= 0.6 is 0 Å². The molecule has 0 amide bonds. The minimum Gasteiger partial charge on any atom is -0.378 e. The summed E-state index contributed by atoms with van der Waals surface area (Å²) in [7, 11) is 0. The van der Waals surface area contributed by atoms with E-state index in [1.807, 2.05) is 30.3 Å². The van der Waals surface area contributed by atoms with Crippen LogP contribution in [0.15, 0.2) is 54.6 Å². The summed E-state index contributed by atoms with van der Waals surface area (Å²) < 4.78 is 13.2. The average molecular weight is 290 g/mol. The van der Waals surface area contributed by atoms with Crippen molar-refractivity contribution in [2.75, 3.05) is 5.32 Å². The first-order valence-corrected chi connectivity index (χ1v) is 7.49. The molecule has 1 aliphatic carbocycles. The van der Waals surface area contributed by atoms with Crippen LogP contribution in [-0.2, 0) is 0 Å². The minimum atomic E-state index is -0.209. The molecule has 108 valence electrons. The normalized spacial score (nSPS) is 25.0. The van der Waals surface area contributed by atoms with Crippen molar-refractivity contribution in [1.82, 2.24) is 0 Å². The molecule has 0 saturated heterocycles. The number of halogens is 1. The van der Waals surface area contributed by atoms with E-state index in [4.69, 9.17) is 5.26 Å². The molecule has 2 aliphatic rings. The summed E-state index contributed by atoms with van der Waals surface area (Å²) in [6.07, 6.45) is 5.44. The summed E-state index contributed by atoms with van der Waals surface area (Å²) in [5.41, 5.74) is 4.06. The first-order chi connectivity index (χ1) is 10.8. The molecule has 0 spiro atoms. The molecular formula is C19H15FN2. The van der Waals surface area contributed by atoms with Crippen LogP contribution in [0.2, 0.25) is 0 Å². The molecule has 4 rings (SSSR count).